The van der Waals surface area contributed by atoms with Crippen LogP contribution in [0.15, 0.2) is 60.9 Å². The molecule has 1 aromatic heterocycles. The van der Waals surface area contributed by atoms with Crippen LogP contribution in [-0.4, -0.2) is 41.9 Å². The van der Waals surface area contributed by atoms with E-state index in [0.717, 1.165) is 49.9 Å². The lowest BCUT2D eigenvalue weighted by Gasteiger charge is -2.31. The molecule has 27 heavy (non-hydrogen) atoms. The Bertz CT molecular complexity index is 900. The van der Waals surface area contributed by atoms with E-state index in [1.165, 1.54) is 16.5 Å². The van der Waals surface area contributed by atoms with E-state index in [9.17, 15) is 4.79 Å². The summed E-state index contributed by atoms with van der Waals surface area (Å²) in [6.45, 7) is 2.87. The van der Waals surface area contributed by atoms with Gasteiger partial charge in [-0.2, -0.15) is 0 Å². The van der Waals surface area contributed by atoms with Gasteiger partial charge in [-0.05, 0) is 53.6 Å². The van der Waals surface area contributed by atoms with Crippen LogP contribution in [0.4, 0.5) is 0 Å². The highest BCUT2D eigenvalue weighted by atomic mass is 16.5. The Morgan fingerprint density at radius 3 is 2.56 bits per heavy atom. The van der Waals surface area contributed by atoms with E-state index >= 15 is 0 Å². The van der Waals surface area contributed by atoms with Crippen LogP contribution >= 0.6 is 0 Å². The number of aromatic nitrogens is 1. The summed E-state index contributed by atoms with van der Waals surface area (Å²) in [5.41, 5.74) is 2.38. The van der Waals surface area contributed by atoms with Crippen molar-refractivity contribution < 1.29 is 9.53 Å². The van der Waals surface area contributed by atoms with E-state index in [1.54, 1.807) is 0 Å². The Morgan fingerprint density at radius 1 is 1.00 bits per heavy atom. The molecular weight excluding hydrogens is 336 g/mol. The first-order chi connectivity index (χ1) is 13.3. The van der Waals surface area contributed by atoms with E-state index in [2.05, 4.69) is 52.3 Å². The Hall–Kier alpha value is -2.72. The highest BCUT2D eigenvalue weighted by Gasteiger charge is 2.20. The Morgan fingerprint density at radius 2 is 1.78 bits per heavy atom. The topological polar surface area (TPSA) is 42.4 Å². The molecule has 0 atom stereocenters. The molecule has 0 saturated carbocycles. The van der Waals surface area contributed by atoms with E-state index in [4.69, 9.17) is 4.74 Å². The van der Waals surface area contributed by atoms with Gasteiger partial charge in [0.25, 0.3) is 0 Å². The minimum atomic E-state index is 0.261. The molecule has 1 aliphatic heterocycles. The molecule has 4 rings (SSSR count). The molecule has 3 aromatic rings. The lowest BCUT2D eigenvalue weighted by atomic mass is 10.0. The van der Waals surface area contributed by atoms with Crippen molar-refractivity contribution in [2.45, 2.75) is 25.4 Å². The summed E-state index contributed by atoms with van der Waals surface area (Å²) in [6.07, 6.45) is 7.62. The first-order valence-corrected chi connectivity index (χ1v) is 9.59. The number of likely N-dealkylation sites (tertiary alicyclic amines) is 1. The second-order valence-electron chi connectivity index (χ2n) is 7.08. The van der Waals surface area contributed by atoms with Crippen molar-refractivity contribution in [1.29, 1.82) is 0 Å². The van der Waals surface area contributed by atoms with Gasteiger partial charge in [-0.3, -0.25) is 4.98 Å². The Balaban J connectivity index is 1.38. The van der Waals surface area contributed by atoms with Crippen molar-refractivity contribution in [3.05, 3.63) is 60.9 Å². The van der Waals surface area contributed by atoms with Crippen molar-refractivity contribution in [3.8, 4) is 16.9 Å². The minimum absolute atomic E-state index is 0.261. The van der Waals surface area contributed by atoms with Crippen molar-refractivity contribution in [2.24, 2.45) is 0 Å². The molecule has 0 aliphatic carbocycles. The highest BCUT2D eigenvalue weighted by Crippen LogP contribution is 2.27. The molecule has 0 radical (unpaired) electrons. The molecule has 0 amide bonds. The number of pyridine rings is 1. The zero-order valence-corrected chi connectivity index (χ0v) is 15.4. The van der Waals surface area contributed by atoms with Gasteiger partial charge in [0.1, 0.15) is 18.1 Å². The van der Waals surface area contributed by atoms with Crippen LogP contribution in [0.25, 0.3) is 21.9 Å². The summed E-state index contributed by atoms with van der Waals surface area (Å²) in [6, 6.07) is 16.8. The maximum Gasteiger partial charge on any atom is 0.121 e. The fraction of sp³-hybridized carbons (Fsp3) is 0.304. The largest absolute Gasteiger partial charge is 0.490 e. The number of carbonyl (C=O) groups is 1. The van der Waals surface area contributed by atoms with Crippen LogP contribution in [0.2, 0.25) is 0 Å². The predicted molar refractivity (Wildman–Crippen MR) is 108 cm³/mol. The van der Waals surface area contributed by atoms with E-state index in [1.807, 2.05) is 18.5 Å². The number of hydrogen-bond acceptors (Lipinski definition) is 4. The fourth-order valence-electron chi connectivity index (χ4n) is 3.67. The minimum Gasteiger partial charge on any atom is -0.490 e. The van der Waals surface area contributed by atoms with Gasteiger partial charge >= 0.3 is 0 Å². The van der Waals surface area contributed by atoms with Crippen molar-refractivity contribution in [2.75, 3.05) is 19.6 Å². The lowest BCUT2D eigenvalue weighted by molar-refractivity contribution is -0.108. The Labute approximate surface area is 159 Å². The number of fused-ring (bicyclic) bond motifs is 1. The van der Waals surface area contributed by atoms with Gasteiger partial charge in [0.15, 0.2) is 0 Å². The van der Waals surface area contributed by atoms with Crippen LogP contribution in [0, 0.1) is 0 Å². The number of piperidine rings is 1. The molecule has 138 valence electrons. The van der Waals surface area contributed by atoms with E-state index < -0.39 is 0 Å². The molecule has 0 spiro atoms. The smallest absolute Gasteiger partial charge is 0.121 e. The number of carbonyl (C=O) groups excluding carboxylic acids is 1. The second kappa shape index (κ2) is 8.31. The average Bonchev–Trinajstić information content (AvgIpc) is 2.73. The molecule has 4 heteroatoms. The molecule has 1 aliphatic rings. The first-order valence-electron chi connectivity index (χ1n) is 9.59. The third kappa shape index (κ3) is 4.34. The van der Waals surface area contributed by atoms with Crippen LogP contribution in [0.5, 0.6) is 5.75 Å². The second-order valence-corrected chi connectivity index (χ2v) is 7.08. The van der Waals surface area contributed by atoms with Crippen molar-refractivity contribution >= 4 is 17.1 Å². The third-order valence-corrected chi connectivity index (χ3v) is 5.23. The van der Waals surface area contributed by atoms with Gasteiger partial charge in [0.05, 0.1) is 0 Å². The maximum absolute atomic E-state index is 10.5. The summed E-state index contributed by atoms with van der Waals surface area (Å²) >= 11 is 0. The average molecular weight is 360 g/mol. The maximum atomic E-state index is 10.5. The summed E-state index contributed by atoms with van der Waals surface area (Å²) < 4.78 is 6.16. The summed E-state index contributed by atoms with van der Waals surface area (Å²) in [5.74, 6) is 0.926. The normalized spacial score (nSPS) is 15.7. The summed E-state index contributed by atoms with van der Waals surface area (Å²) in [5, 5.41) is 2.35. The van der Waals surface area contributed by atoms with Crippen molar-refractivity contribution in [1.82, 2.24) is 9.88 Å². The van der Waals surface area contributed by atoms with Gasteiger partial charge < -0.3 is 14.4 Å². The number of hydrogen-bond donors (Lipinski definition) is 0. The number of benzene rings is 2. The molecular formula is C23H24N2O2. The zero-order valence-electron chi connectivity index (χ0n) is 15.4. The van der Waals surface area contributed by atoms with E-state index in [0.29, 0.717) is 6.42 Å². The zero-order chi connectivity index (χ0) is 18.5. The highest BCUT2D eigenvalue weighted by molar-refractivity contribution is 5.86. The van der Waals surface area contributed by atoms with E-state index in [-0.39, 0.29) is 6.10 Å². The Kier molecular flexibility index (Phi) is 5.45. The quantitative estimate of drug-likeness (QED) is 0.614. The van der Waals surface area contributed by atoms with Gasteiger partial charge in [0, 0.05) is 43.8 Å². The van der Waals surface area contributed by atoms with Crippen LogP contribution in [0.1, 0.15) is 19.3 Å². The predicted octanol–water partition coefficient (Wildman–Crippen LogP) is 4.33. The molecule has 1 fully saturated rings. The molecule has 1 saturated heterocycles. The molecule has 0 bridgehead atoms. The lowest BCUT2D eigenvalue weighted by Crippen LogP contribution is -2.38. The van der Waals surface area contributed by atoms with Crippen LogP contribution in [0.3, 0.4) is 0 Å². The van der Waals surface area contributed by atoms with Gasteiger partial charge in [-0.1, -0.05) is 24.3 Å². The number of nitrogens with zero attached hydrogens (tertiary/aromatic N) is 2. The molecule has 0 N–H and O–H groups in total. The van der Waals surface area contributed by atoms with Crippen molar-refractivity contribution in [3.63, 3.8) is 0 Å². The standard InChI is InChI=1S/C23H24N2O2/c26-15-1-12-25-13-9-23(10-14-25)27-22-6-4-18(5-7-22)19-2-3-21-17-24-11-8-20(21)16-19/h2-8,11,15-17,23H,1,9-10,12-14H2. The SMILES string of the molecule is O=CCCN1CCC(Oc2ccc(-c3ccc4cnccc4c3)cc2)CC1. The fourth-order valence-corrected chi connectivity index (χ4v) is 3.67. The molecule has 2 aromatic carbocycles. The van der Waals surface area contributed by atoms with Gasteiger partial charge in [0.2, 0.25) is 0 Å². The van der Waals surface area contributed by atoms with Crippen LogP contribution < -0.4 is 4.74 Å². The molecule has 2 heterocycles. The third-order valence-electron chi connectivity index (χ3n) is 5.23. The number of ether oxygens (including phenoxy) is 1. The molecule has 0 unspecified atom stereocenters. The number of rotatable bonds is 6. The van der Waals surface area contributed by atoms with Gasteiger partial charge in [-0.25, -0.2) is 0 Å². The summed E-state index contributed by atoms with van der Waals surface area (Å²) in [4.78, 5) is 17.0. The van der Waals surface area contributed by atoms with Gasteiger partial charge in [-0.15, -0.1) is 0 Å². The van der Waals surface area contributed by atoms with Crippen LogP contribution in [-0.2, 0) is 4.79 Å². The molecule has 4 nitrogen and oxygen atoms in total. The summed E-state index contributed by atoms with van der Waals surface area (Å²) in [7, 11) is 0. The monoisotopic (exact) mass is 360 g/mol. The first kappa shape index (κ1) is 17.7. The number of aldehydes is 1.